The second kappa shape index (κ2) is 7.04. The third-order valence-corrected chi connectivity index (χ3v) is 4.29. The summed E-state index contributed by atoms with van der Waals surface area (Å²) in [5.41, 5.74) is 0.749. The Morgan fingerprint density at radius 3 is 2.35 bits per heavy atom. The van der Waals surface area contributed by atoms with Crippen molar-refractivity contribution in [1.29, 1.82) is 0 Å². The Balaban J connectivity index is 2.69. The fourth-order valence-corrected chi connectivity index (χ4v) is 2.27. The van der Waals surface area contributed by atoms with E-state index in [2.05, 4.69) is 5.32 Å². The molecule has 0 aliphatic carbocycles. The number of carbonyl (C=O) groups excluding carboxylic acids is 1. The first kappa shape index (κ1) is 16.2. The lowest BCUT2D eigenvalue weighted by atomic mass is 10.1. The lowest BCUT2D eigenvalue weighted by Crippen LogP contribution is -2.44. The van der Waals surface area contributed by atoms with Crippen molar-refractivity contribution in [3.63, 3.8) is 0 Å². The molecule has 1 atom stereocenters. The SMILES string of the molecule is CCS(=O)(=O)CC(=O)NC(Cc1ccccc1)C(=O)O. The fraction of sp³-hybridized carbons (Fsp3) is 0.385. The van der Waals surface area contributed by atoms with Crippen LogP contribution >= 0.6 is 0 Å². The Kier molecular flexibility index (Phi) is 5.69. The molecule has 1 aromatic rings. The van der Waals surface area contributed by atoms with Crippen LogP contribution in [-0.4, -0.2) is 42.9 Å². The summed E-state index contributed by atoms with van der Waals surface area (Å²) < 4.78 is 22.6. The van der Waals surface area contributed by atoms with Crippen molar-refractivity contribution >= 4 is 21.7 Å². The van der Waals surface area contributed by atoms with Crippen LogP contribution in [0.15, 0.2) is 30.3 Å². The van der Waals surface area contributed by atoms with Crippen LogP contribution in [0.3, 0.4) is 0 Å². The van der Waals surface area contributed by atoms with Gasteiger partial charge in [-0.1, -0.05) is 37.3 Å². The maximum atomic E-state index is 11.6. The van der Waals surface area contributed by atoms with Crippen LogP contribution in [0, 0.1) is 0 Å². The summed E-state index contributed by atoms with van der Waals surface area (Å²) in [4.78, 5) is 22.7. The first-order chi connectivity index (χ1) is 9.34. The molecule has 7 heteroatoms. The topological polar surface area (TPSA) is 101 Å². The molecule has 1 amide bonds. The van der Waals surface area contributed by atoms with E-state index in [9.17, 15) is 18.0 Å². The highest BCUT2D eigenvalue weighted by Crippen LogP contribution is 2.04. The van der Waals surface area contributed by atoms with Gasteiger partial charge in [0.2, 0.25) is 5.91 Å². The summed E-state index contributed by atoms with van der Waals surface area (Å²) in [5, 5.41) is 11.3. The molecule has 0 aliphatic heterocycles. The second-order valence-electron chi connectivity index (χ2n) is 4.32. The van der Waals surface area contributed by atoms with Crippen molar-refractivity contribution in [3.05, 3.63) is 35.9 Å². The summed E-state index contributed by atoms with van der Waals surface area (Å²) in [6, 6.07) is 7.66. The molecular formula is C13H17NO5S. The van der Waals surface area contributed by atoms with Crippen LogP contribution in [0.1, 0.15) is 12.5 Å². The molecule has 20 heavy (non-hydrogen) atoms. The molecule has 1 aromatic carbocycles. The molecule has 0 saturated heterocycles. The molecule has 1 unspecified atom stereocenters. The fourth-order valence-electron chi connectivity index (χ4n) is 1.59. The van der Waals surface area contributed by atoms with Crippen molar-refractivity contribution in [1.82, 2.24) is 5.32 Å². The molecule has 0 spiro atoms. The first-order valence-electron chi connectivity index (χ1n) is 6.10. The van der Waals surface area contributed by atoms with E-state index in [0.29, 0.717) is 0 Å². The Morgan fingerprint density at radius 2 is 1.85 bits per heavy atom. The number of carboxylic acid groups (broad SMARTS) is 1. The van der Waals surface area contributed by atoms with Crippen LogP contribution in [0.5, 0.6) is 0 Å². The van der Waals surface area contributed by atoms with Gasteiger partial charge in [-0.3, -0.25) is 4.79 Å². The third-order valence-electron chi connectivity index (χ3n) is 2.71. The van der Waals surface area contributed by atoms with Crippen LogP contribution in [0.4, 0.5) is 0 Å². The van der Waals surface area contributed by atoms with Gasteiger partial charge in [0.05, 0.1) is 0 Å². The van der Waals surface area contributed by atoms with Crippen LogP contribution in [-0.2, 0) is 25.8 Å². The van der Waals surface area contributed by atoms with Crippen molar-refractivity contribution in [2.24, 2.45) is 0 Å². The van der Waals surface area contributed by atoms with Crippen molar-refractivity contribution < 1.29 is 23.1 Å². The van der Waals surface area contributed by atoms with Gasteiger partial charge in [0.1, 0.15) is 11.8 Å². The van der Waals surface area contributed by atoms with Gasteiger partial charge in [0.25, 0.3) is 0 Å². The van der Waals surface area contributed by atoms with Crippen LogP contribution in [0.25, 0.3) is 0 Å². The zero-order valence-corrected chi connectivity index (χ0v) is 11.9. The van der Waals surface area contributed by atoms with Gasteiger partial charge in [0, 0.05) is 12.2 Å². The number of hydrogen-bond donors (Lipinski definition) is 2. The Morgan fingerprint density at radius 1 is 1.25 bits per heavy atom. The number of carbonyl (C=O) groups is 2. The van der Waals surface area contributed by atoms with Gasteiger partial charge >= 0.3 is 5.97 Å². The maximum Gasteiger partial charge on any atom is 0.326 e. The molecule has 110 valence electrons. The van der Waals surface area contributed by atoms with Gasteiger partial charge in [-0.25, -0.2) is 13.2 Å². The Bertz CT molecular complexity index is 568. The highest BCUT2D eigenvalue weighted by atomic mass is 32.2. The number of aliphatic carboxylic acids is 1. The third kappa shape index (κ3) is 5.40. The average Bonchev–Trinajstić information content (AvgIpc) is 2.38. The van der Waals surface area contributed by atoms with Gasteiger partial charge < -0.3 is 10.4 Å². The van der Waals surface area contributed by atoms with E-state index in [1.54, 1.807) is 30.3 Å². The smallest absolute Gasteiger partial charge is 0.326 e. The molecule has 0 aromatic heterocycles. The second-order valence-corrected chi connectivity index (χ2v) is 6.68. The number of amides is 1. The minimum absolute atomic E-state index is 0.105. The Labute approximate surface area is 117 Å². The molecule has 0 bridgehead atoms. The van der Waals surface area contributed by atoms with E-state index < -0.39 is 33.5 Å². The van der Waals surface area contributed by atoms with Gasteiger partial charge in [-0.2, -0.15) is 0 Å². The predicted octanol–water partition coefficient (Wildman–Crippen LogP) is 0.233. The molecule has 0 heterocycles. The summed E-state index contributed by atoms with van der Waals surface area (Å²) >= 11 is 0. The molecule has 1 rings (SSSR count). The number of hydrogen-bond acceptors (Lipinski definition) is 4. The van der Waals surface area contributed by atoms with E-state index in [1.807, 2.05) is 0 Å². The summed E-state index contributed by atoms with van der Waals surface area (Å²) in [6.45, 7) is 1.43. The number of carboxylic acids is 1. The normalized spacial score (nSPS) is 12.7. The van der Waals surface area contributed by atoms with E-state index >= 15 is 0 Å². The summed E-state index contributed by atoms with van der Waals surface area (Å²) in [7, 11) is -3.47. The van der Waals surface area contributed by atoms with Gasteiger partial charge in [0.15, 0.2) is 9.84 Å². The number of benzene rings is 1. The summed E-state index contributed by atoms with van der Waals surface area (Å²) in [5.74, 6) is -2.84. The molecule has 2 N–H and O–H groups in total. The van der Waals surface area contributed by atoms with Crippen molar-refractivity contribution in [2.45, 2.75) is 19.4 Å². The Hall–Kier alpha value is -1.89. The highest BCUT2D eigenvalue weighted by molar-refractivity contribution is 7.92. The zero-order chi connectivity index (χ0) is 15.2. The standard InChI is InChI=1S/C13H17NO5S/c1-2-20(18,19)9-12(15)14-11(13(16)17)8-10-6-4-3-5-7-10/h3-7,11H,2,8-9H2,1H3,(H,14,15)(H,16,17). The van der Waals surface area contributed by atoms with Crippen LogP contribution in [0.2, 0.25) is 0 Å². The monoisotopic (exact) mass is 299 g/mol. The van der Waals surface area contributed by atoms with E-state index in [4.69, 9.17) is 5.11 Å². The number of nitrogens with one attached hydrogen (secondary N) is 1. The van der Waals surface area contributed by atoms with Gasteiger partial charge in [-0.15, -0.1) is 0 Å². The highest BCUT2D eigenvalue weighted by Gasteiger charge is 2.23. The quantitative estimate of drug-likeness (QED) is 0.751. The van der Waals surface area contributed by atoms with Gasteiger partial charge in [-0.05, 0) is 5.56 Å². The average molecular weight is 299 g/mol. The minimum Gasteiger partial charge on any atom is -0.480 e. The minimum atomic E-state index is -3.47. The van der Waals surface area contributed by atoms with Crippen molar-refractivity contribution in [3.8, 4) is 0 Å². The summed E-state index contributed by atoms with van der Waals surface area (Å²) in [6.07, 6.45) is 0.105. The largest absolute Gasteiger partial charge is 0.480 e. The maximum absolute atomic E-state index is 11.6. The molecular weight excluding hydrogens is 282 g/mol. The van der Waals surface area contributed by atoms with Crippen molar-refractivity contribution in [2.75, 3.05) is 11.5 Å². The van der Waals surface area contributed by atoms with E-state index in [1.165, 1.54) is 6.92 Å². The molecule has 0 saturated carbocycles. The van der Waals surface area contributed by atoms with E-state index in [-0.39, 0.29) is 12.2 Å². The molecule has 0 aliphatic rings. The number of sulfone groups is 1. The lowest BCUT2D eigenvalue weighted by molar-refractivity contribution is -0.141. The molecule has 6 nitrogen and oxygen atoms in total. The van der Waals surface area contributed by atoms with Crippen LogP contribution < -0.4 is 5.32 Å². The molecule has 0 fully saturated rings. The number of rotatable bonds is 7. The van der Waals surface area contributed by atoms with E-state index in [0.717, 1.165) is 5.56 Å². The first-order valence-corrected chi connectivity index (χ1v) is 7.92. The molecule has 0 radical (unpaired) electrons. The predicted molar refractivity (Wildman–Crippen MR) is 74.0 cm³/mol. The zero-order valence-electron chi connectivity index (χ0n) is 11.1. The lowest BCUT2D eigenvalue weighted by Gasteiger charge is -2.14.